The molecule has 6 nitrogen and oxygen atoms in total. The van der Waals surface area contributed by atoms with Crippen molar-refractivity contribution in [1.29, 1.82) is 0 Å². The largest absolute Gasteiger partial charge is 0.311 e. The summed E-state index contributed by atoms with van der Waals surface area (Å²) in [5, 5.41) is 10.7. The van der Waals surface area contributed by atoms with Crippen molar-refractivity contribution in [2.24, 2.45) is 0 Å². The lowest BCUT2D eigenvalue weighted by molar-refractivity contribution is -0.385. The monoisotopic (exact) mass is 305 g/mol. The summed E-state index contributed by atoms with van der Waals surface area (Å²) in [6.07, 6.45) is 1.02. The van der Waals surface area contributed by atoms with Gasteiger partial charge < -0.3 is 4.90 Å². The van der Waals surface area contributed by atoms with E-state index in [4.69, 9.17) is 11.6 Å². The molecule has 0 fully saturated rings. The van der Waals surface area contributed by atoms with Crippen LogP contribution in [0.25, 0.3) is 0 Å². The van der Waals surface area contributed by atoms with E-state index in [1.807, 2.05) is 25.1 Å². The van der Waals surface area contributed by atoms with E-state index in [9.17, 15) is 14.9 Å². The molecular weight excluding hydrogens is 294 g/mol. The van der Waals surface area contributed by atoms with Crippen molar-refractivity contribution >= 4 is 28.9 Å². The Bertz CT molecular complexity index is 718. The van der Waals surface area contributed by atoms with Crippen LogP contribution in [0.3, 0.4) is 0 Å². The molecule has 0 N–H and O–H groups in total. The molecule has 0 unspecified atom stereocenters. The van der Waals surface area contributed by atoms with Crippen molar-refractivity contribution in [3.05, 3.63) is 62.9 Å². The van der Waals surface area contributed by atoms with Gasteiger partial charge in [-0.2, -0.15) is 0 Å². The second kappa shape index (κ2) is 5.88. The number of carbonyl (C=O) groups excluding carboxylic acids is 1. The molecule has 21 heavy (non-hydrogen) atoms. The first-order valence-electron chi connectivity index (χ1n) is 6.05. The first-order valence-corrected chi connectivity index (χ1v) is 6.42. The highest BCUT2D eigenvalue weighted by Gasteiger charge is 2.21. The number of hydrogen-bond acceptors (Lipinski definition) is 4. The van der Waals surface area contributed by atoms with Gasteiger partial charge in [-0.25, -0.2) is 4.98 Å². The highest BCUT2D eigenvalue weighted by atomic mass is 35.5. The standard InChI is InChI=1S/C14H12ClN3O3/c1-9-4-3-5-10(6-9)17(2)14(19)12-7-11(18(20)21)8-16-13(12)15/h3-8H,1-2H3. The summed E-state index contributed by atoms with van der Waals surface area (Å²) in [5.41, 5.74) is 1.38. The summed E-state index contributed by atoms with van der Waals surface area (Å²) >= 11 is 5.88. The van der Waals surface area contributed by atoms with Crippen molar-refractivity contribution in [2.75, 3.05) is 11.9 Å². The molecule has 1 aromatic heterocycles. The molecule has 0 spiro atoms. The first-order chi connectivity index (χ1) is 9.90. The van der Waals surface area contributed by atoms with Crippen LogP contribution in [0.2, 0.25) is 5.15 Å². The van der Waals surface area contributed by atoms with Gasteiger partial charge in [-0.05, 0) is 24.6 Å². The molecule has 0 aliphatic heterocycles. The fourth-order valence-corrected chi connectivity index (χ4v) is 2.01. The minimum absolute atomic E-state index is 0.00475. The van der Waals surface area contributed by atoms with Gasteiger partial charge >= 0.3 is 0 Å². The van der Waals surface area contributed by atoms with Gasteiger partial charge in [0.15, 0.2) is 0 Å². The maximum atomic E-state index is 12.4. The molecule has 0 bridgehead atoms. The number of amides is 1. The summed E-state index contributed by atoms with van der Waals surface area (Å²) in [7, 11) is 1.58. The van der Waals surface area contributed by atoms with Crippen LogP contribution in [-0.2, 0) is 0 Å². The zero-order valence-corrected chi connectivity index (χ0v) is 12.2. The third-order valence-electron chi connectivity index (χ3n) is 2.96. The van der Waals surface area contributed by atoms with Crippen LogP contribution < -0.4 is 4.90 Å². The predicted octanol–water partition coefficient (Wildman–Crippen LogP) is 3.23. The van der Waals surface area contributed by atoms with E-state index >= 15 is 0 Å². The van der Waals surface area contributed by atoms with E-state index in [0.29, 0.717) is 5.69 Å². The van der Waals surface area contributed by atoms with E-state index in [-0.39, 0.29) is 16.4 Å². The molecule has 1 amide bonds. The highest BCUT2D eigenvalue weighted by Crippen LogP contribution is 2.23. The highest BCUT2D eigenvalue weighted by molar-refractivity contribution is 6.33. The van der Waals surface area contributed by atoms with Gasteiger partial charge in [-0.1, -0.05) is 23.7 Å². The summed E-state index contributed by atoms with van der Waals surface area (Å²) < 4.78 is 0. The molecular formula is C14H12ClN3O3. The topological polar surface area (TPSA) is 76.3 Å². The van der Waals surface area contributed by atoms with Crippen molar-refractivity contribution in [1.82, 2.24) is 4.98 Å². The number of benzene rings is 1. The van der Waals surface area contributed by atoms with E-state index in [0.717, 1.165) is 17.8 Å². The molecule has 7 heteroatoms. The van der Waals surface area contributed by atoms with Gasteiger partial charge in [0, 0.05) is 18.8 Å². The SMILES string of the molecule is Cc1cccc(N(C)C(=O)c2cc([N+](=O)[O-])cnc2Cl)c1. The normalized spacial score (nSPS) is 10.2. The predicted molar refractivity (Wildman–Crippen MR) is 79.8 cm³/mol. The van der Waals surface area contributed by atoms with E-state index < -0.39 is 10.8 Å². The molecule has 0 saturated heterocycles. The average molecular weight is 306 g/mol. The zero-order chi connectivity index (χ0) is 15.6. The number of aromatic nitrogens is 1. The Morgan fingerprint density at radius 1 is 1.38 bits per heavy atom. The number of nitrogens with zero attached hydrogens (tertiary/aromatic N) is 3. The molecule has 2 aromatic rings. The summed E-state index contributed by atoms with van der Waals surface area (Å²) in [5.74, 6) is -0.457. The van der Waals surface area contributed by atoms with E-state index in [1.54, 1.807) is 13.1 Å². The quantitative estimate of drug-likeness (QED) is 0.495. The van der Waals surface area contributed by atoms with Crippen LogP contribution in [0.5, 0.6) is 0 Å². The van der Waals surface area contributed by atoms with Crippen molar-refractivity contribution in [3.63, 3.8) is 0 Å². The number of hydrogen-bond donors (Lipinski definition) is 0. The van der Waals surface area contributed by atoms with Crippen molar-refractivity contribution in [3.8, 4) is 0 Å². The minimum Gasteiger partial charge on any atom is -0.311 e. The van der Waals surface area contributed by atoms with Gasteiger partial charge in [-0.15, -0.1) is 0 Å². The number of carbonyl (C=O) groups is 1. The molecule has 0 radical (unpaired) electrons. The molecule has 1 heterocycles. The van der Waals surface area contributed by atoms with Gasteiger partial charge in [0.2, 0.25) is 0 Å². The van der Waals surface area contributed by atoms with Crippen LogP contribution in [-0.4, -0.2) is 22.9 Å². The molecule has 0 saturated carbocycles. The van der Waals surface area contributed by atoms with Gasteiger partial charge in [0.25, 0.3) is 11.6 Å². The van der Waals surface area contributed by atoms with Gasteiger partial charge in [0.05, 0.1) is 10.5 Å². The van der Waals surface area contributed by atoms with Gasteiger partial charge in [0.1, 0.15) is 11.3 Å². The number of rotatable bonds is 3. The Hall–Kier alpha value is -2.47. The summed E-state index contributed by atoms with van der Waals surface area (Å²) in [6, 6.07) is 8.45. The smallest absolute Gasteiger partial charge is 0.288 e. The van der Waals surface area contributed by atoms with Crippen LogP contribution in [0.1, 0.15) is 15.9 Å². The fourth-order valence-electron chi connectivity index (χ4n) is 1.82. The second-order valence-electron chi connectivity index (χ2n) is 4.49. The molecule has 0 aliphatic rings. The number of pyridine rings is 1. The van der Waals surface area contributed by atoms with Crippen LogP contribution in [0, 0.1) is 17.0 Å². The second-order valence-corrected chi connectivity index (χ2v) is 4.85. The van der Waals surface area contributed by atoms with Crippen LogP contribution in [0.4, 0.5) is 11.4 Å². The van der Waals surface area contributed by atoms with Crippen LogP contribution >= 0.6 is 11.6 Å². The lowest BCUT2D eigenvalue weighted by Gasteiger charge is -2.18. The Kier molecular flexibility index (Phi) is 4.18. The number of aryl methyl sites for hydroxylation is 1. The Morgan fingerprint density at radius 2 is 2.10 bits per heavy atom. The summed E-state index contributed by atoms with van der Waals surface area (Å²) in [4.78, 5) is 27.6. The number of nitro groups is 1. The lowest BCUT2D eigenvalue weighted by atomic mass is 10.2. The van der Waals surface area contributed by atoms with E-state index in [1.165, 1.54) is 4.90 Å². The van der Waals surface area contributed by atoms with Gasteiger partial charge in [-0.3, -0.25) is 14.9 Å². The Morgan fingerprint density at radius 3 is 2.71 bits per heavy atom. The Balaban J connectivity index is 2.39. The molecule has 0 aliphatic carbocycles. The van der Waals surface area contributed by atoms with Crippen molar-refractivity contribution < 1.29 is 9.72 Å². The maximum Gasteiger partial charge on any atom is 0.288 e. The Labute approximate surface area is 126 Å². The zero-order valence-electron chi connectivity index (χ0n) is 11.4. The molecule has 2 rings (SSSR count). The third kappa shape index (κ3) is 3.17. The number of anilines is 1. The number of halogens is 1. The first kappa shape index (κ1) is 14.9. The summed E-state index contributed by atoms with van der Waals surface area (Å²) in [6.45, 7) is 1.91. The molecule has 108 valence electrons. The lowest BCUT2D eigenvalue weighted by Crippen LogP contribution is -2.26. The molecule has 1 aromatic carbocycles. The van der Waals surface area contributed by atoms with Crippen LogP contribution in [0.15, 0.2) is 36.5 Å². The van der Waals surface area contributed by atoms with E-state index in [2.05, 4.69) is 4.98 Å². The average Bonchev–Trinajstić information content (AvgIpc) is 2.46. The molecule has 0 atom stereocenters. The fraction of sp³-hybridized carbons (Fsp3) is 0.143. The van der Waals surface area contributed by atoms with Crippen molar-refractivity contribution in [2.45, 2.75) is 6.92 Å². The third-order valence-corrected chi connectivity index (χ3v) is 3.26. The minimum atomic E-state index is -0.618. The maximum absolute atomic E-state index is 12.4.